The van der Waals surface area contributed by atoms with Crippen LogP contribution >= 0.6 is 23.4 Å². The molecule has 2 aromatic rings. The number of rotatable bonds is 4. The van der Waals surface area contributed by atoms with Gasteiger partial charge >= 0.3 is 5.97 Å². The highest BCUT2D eigenvalue weighted by Gasteiger charge is 2.10. The molecule has 0 unspecified atom stereocenters. The van der Waals surface area contributed by atoms with E-state index in [-0.39, 0.29) is 22.5 Å². The number of carbonyl (C=O) groups is 1. The molecule has 9 heteroatoms. The average molecular weight is 312 g/mol. The molecule has 0 saturated heterocycles. The first-order chi connectivity index (χ1) is 9.45. The zero-order valence-electron chi connectivity index (χ0n) is 10.1. The first-order valence-corrected chi connectivity index (χ1v) is 6.73. The minimum absolute atomic E-state index is 0.0475. The number of thioether (sulfide) groups is 1. The minimum Gasteiger partial charge on any atom is -0.478 e. The summed E-state index contributed by atoms with van der Waals surface area (Å²) in [5.74, 6) is -0.166. The second kappa shape index (κ2) is 5.93. The van der Waals surface area contributed by atoms with Gasteiger partial charge in [-0.3, -0.25) is 0 Å². The van der Waals surface area contributed by atoms with Crippen molar-refractivity contribution in [2.75, 3.05) is 11.5 Å². The number of nitrogens with zero attached hydrogens (tertiary/aromatic N) is 3. The maximum Gasteiger partial charge on any atom is 0.337 e. The van der Waals surface area contributed by atoms with Crippen molar-refractivity contribution in [3.63, 3.8) is 0 Å². The Kier molecular flexibility index (Phi) is 4.26. The van der Waals surface area contributed by atoms with Gasteiger partial charge in [0.25, 0.3) is 0 Å². The Morgan fingerprint density at radius 1 is 1.25 bits per heavy atom. The van der Waals surface area contributed by atoms with Crippen molar-refractivity contribution in [1.82, 2.24) is 15.0 Å². The first-order valence-electron chi connectivity index (χ1n) is 5.37. The lowest BCUT2D eigenvalue weighted by atomic mass is 10.2. The van der Waals surface area contributed by atoms with Crippen molar-refractivity contribution >= 4 is 41.2 Å². The van der Waals surface area contributed by atoms with Crippen LogP contribution in [0.25, 0.3) is 0 Å². The number of halogens is 1. The largest absolute Gasteiger partial charge is 0.478 e. The Morgan fingerprint density at radius 3 is 2.50 bits per heavy atom. The number of aromatic carboxylic acids is 1. The zero-order valence-corrected chi connectivity index (χ0v) is 11.6. The van der Waals surface area contributed by atoms with Crippen LogP contribution in [0.15, 0.2) is 23.1 Å². The lowest BCUT2D eigenvalue weighted by Crippen LogP contribution is -2.06. The number of nitrogen functional groups attached to an aromatic ring is 2. The lowest BCUT2D eigenvalue weighted by molar-refractivity contribution is 0.0697. The number of aromatic nitrogens is 3. The van der Waals surface area contributed by atoms with E-state index in [9.17, 15) is 4.79 Å². The summed E-state index contributed by atoms with van der Waals surface area (Å²) in [6, 6.07) is 4.74. The van der Waals surface area contributed by atoms with Gasteiger partial charge in [0, 0.05) is 4.90 Å². The van der Waals surface area contributed by atoms with E-state index in [1.165, 1.54) is 23.9 Å². The molecular weight excluding hydrogens is 302 g/mol. The van der Waals surface area contributed by atoms with Crippen molar-refractivity contribution in [3.8, 4) is 0 Å². The van der Waals surface area contributed by atoms with Crippen molar-refractivity contribution in [2.45, 2.75) is 10.6 Å². The van der Waals surface area contributed by atoms with Crippen molar-refractivity contribution in [3.05, 3.63) is 34.6 Å². The standard InChI is InChI=1S/C11H10ClN5O2S/c12-7-2-1-5(3-6(7)9(18)19)20-4-8-15-10(13)17-11(14)16-8/h1-3H,4H2,(H,18,19)(H4,13,14,15,16,17). The van der Waals surface area contributed by atoms with Crippen LogP contribution in [0.3, 0.4) is 0 Å². The number of carboxylic acid groups (broad SMARTS) is 1. The fourth-order valence-corrected chi connectivity index (χ4v) is 2.42. The number of hydrogen-bond donors (Lipinski definition) is 3. The molecule has 1 aromatic heterocycles. The van der Waals surface area contributed by atoms with E-state index in [1.807, 2.05) is 0 Å². The van der Waals surface area contributed by atoms with Gasteiger partial charge in [0.05, 0.1) is 16.3 Å². The molecule has 0 aliphatic heterocycles. The number of carboxylic acids is 1. The highest BCUT2D eigenvalue weighted by atomic mass is 35.5. The normalized spacial score (nSPS) is 10.4. The monoisotopic (exact) mass is 311 g/mol. The van der Waals surface area contributed by atoms with Gasteiger partial charge in [-0.1, -0.05) is 11.6 Å². The lowest BCUT2D eigenvalue weighted by Gasteiger charge is -2.05. The summed E-state index contributed by atoms with van der Waals surface area (Å²) >= 11 is 7.14. The highest BCUT2D eigenvalue weighted by molar-refractivity contribution is 7.98. The van der Waals surface area contributed by atoms with Gasteiger partial charge in [0.1, 0.15) is 5.82 Å². The van der Waals surface area contributed by atoms with Crippen molar-refractivity contribution < 1.29 is 9.90 Å². The van der Waals surface area contributed by atoms with Gasteiger partial charge in [-0.25, -0.2) is 4.79 Å². The summed E-state index contributed by atoms with van der Waals surface area (Å²) in [7, 11) is 0. The van der Waals surface area contributed by atoms with Crippen LogP contribution in [0.1, 0.15) is 16.2 Å². The van der Waals surface area contributed by atoms with Crippen molar-refractivity contribution in [2.24, 2.45) is 0 Å². The third-order valence-electron chi connectivity index (χ3n) is 2.25. The van der Waals surface area contributed by atoms with E-state index in [0.29, 0.717) is 11.6 Å². The molecule has 0 saturated carbocycles. The summed E-state index contributed by atoms with van der Waals surface area (Å²) in [6.07, 6.45) is 0. The molecule has 20 heavy (non-hydrogen) atoms. The van der Waals surface area contributed by atoms with Gasteiger partial charge in [0.15, 0.2) is 0 Å². The van der Waals surface area contributed by atoms with Crippen LogP contribution < -0.4 is 11.5 Å². The molecule has 0 spiro atoms. The Labute approximate surface area is 123 Å². The minimum atomic E-state index is -1.08. The van der Waals surface area contributed by atoms with E-state index in [0.717, 1.165) is 4.90 Å². The molecule has 0 atom stereocenters. The molecule has 1 aromatic carbocycles. The molecule has 7 nitrogen and oxygen atoms in total. The predicted octanol–water partition coefficient (Wildman–Crippen LogP) is 1.68. The van der Waals surface area contributed by atoms with E-state index in [4.69, 9.17) is 28.2 Å². The smallest absolute Gasteiger partial charge is 0.337 e. The Balaban J connectivity index is 2.14. The molecule has 0 fully saturated rings. The van der Waals surface area contributed by atoms with Crippen LogP contribution in [0, 0.1) is 0 Å². The zero-order chi connectivity index (χ0) is 14.7. The Morgan fingerprint density at radius 2 is 1.90 bits per heavy atom. The molecule has 2 rings (SSSR count). The second-order valence-electron chi connectivity index (χ2n) is 3.70. The van der Waals surface area contributed by atoms with E-state index >= 15 is 0 Å². The second-order valence-corrected chi connectivity index (χ2v) is 5.16. The molecule has 0 radical (unpaired) electrons. The maximum absolute atomic E-state index is 11.0. The van der Waals surface area contributed by atoms with Crippen LogP contribution in [-0.4, -0.2) is 26.0 Å². The molecule has 0 aliphatic rings. The molecule has 104 valence electrons. The van der Waals surface area contributed by atoms with Gasteiger partial charge in [-0.05, 0) is 18.2 Å². The number of anilines is 2. The maximum atomic E-state index is 11.0. The van der Waals surface area contributed by atoms with Crippen LogP contribution in [0.5, 0.6) is 0 Å². The number of nitrogens with two attached hydrogens (primary N) is 2. The van der Waals surface area contributed by atoms with Gasteiger partial charge in [-0.2, -0.15) is 15.0 Å². The average Bonchev–Trinajstić information content (AvgIpc) is 2.36. The summed E-state index contributed by atoms with van der Waals surface area (Å²) in [5, 5.41) is 9.18. The van der Waals surface area contributed by atoms with Crippen LogP contribution in [0.4, 0.5) is 11.9 Å². The Hall–Kier alpha value is -2.06. The fraction of sp³-hybridized carbons (Fsp3) is 0.0909. The third-order valence-corrected chi connectivity index (χ3v) is 3.57. The van der Waals surface area contributed by atoms with E-state index in [2.05, 4.69) is 15.0 Å². The molecule has 0 amide bonds. The quantitative estimate of drug-likeness (QED) is 0.727. The van der Waals surface area contributed by atoms with Crippen LogP contribution in [-0.2, 0) is 5.75 Å². The van der Waals surface area contributed by atoms with Gasteiger partial charge in [-0.15, -0.1) is 11.8 Å². The summed E-state index contributed by atoms with van der Waals surface area (Å²) in [4.78, 5) is 23.2. The molecule has 0 bridgehead atoms. The predicted molar refractivity (Wildman–Crippen MR) is 76.6 cm³/mol. The summed E-state index contributed by atoms with van der Waals surface area (Å²) < 4.78 is 0. The highest BCUT2D eigenvalue weighted by Crippen LogP contribution is 2.26. The fourth-order valence-electron chi connectivity index (χ4n) is 1.43. The third kappa shape index (κ3) is 3.49. The Bertz CT molecular complexity index is 647. The first kappa shape index (κ1) is 14.4. The number of hydrogen-bond acceptors (Lipinski definition) is 7. The summed E-state index contributed by atoms with van der Waals surface area (Å²) in [5.41, 5.74) is 11.0. The molecule has 5 N–H and O–H groups in total. The van der Waals surface area contributed by atoms with Gasteiger partial charge < -0.3 is 16.6 Å². The van der Waals surface area contributed by atoms with Gasteiger partial charge in [0.2, 0.25) is 11.9 Å². The van der Waals surface area contributed by atoms with E-state index in [1.54, 1.807) is 6.07 Å². The van der Waals surface area contributed by atoms with Crippen molar-refractivity contribution in [1.29, 1.82) is 0 Å². The molecule has 0 aliphatic carbocycles. The molecule has 1 heterocycles. The van der Waals surface area contributed by atoms with E-state index < -0.39 is 5.97 Å². The SMILES string of the molecule is Nc1nc(N)nc(CSc2ccc(Cl)c(C(=O)O)c2)n1. The summed E-state index contributed by atoms with van der Waals surface area (Å²) in [6.45, 7) is 0. The molecular formula is C11H10ClN5O2S. The number of benzene rings is 1. The topological polar surface area (TPSA) is 128 Å². The van der Waals surface area contributed by atoms with Crippen LogP contribution in [0.2, 0.25) is 5.02 Å².